The molecular weight excluding hydrogens is 343 g/mol. The van der Waals surface area contributed by atoms with E-state index in [0.717, 1.165) is 10.6 Å². The molecule has 0 nitrogen and oxygen atoms in total. The van der Waals surface area contributed by atoms with E-state index < -0.39 is 0 Å². The fourth-order valence-electron chi connectivity index (χ4n) is 2.64. The van der Waals surface area contributed by atoms with Gasteiger partial charge in [-0.25, -0.2) is 0 Å². The van der Waals surface area contributed by atoms with Gasteiger partial charge in [0, 0.05) is 10.0 Å². The highest BCUT2D eigenvalue weighted by atomic mass is 79.9. The van der Waals surface area contributed by atoms with Crippen LogP contribution in [-0.2, 0) is 12.8 Å². The summed E-state index contributed by atoms with van der Waals surface area (Å²) >= 11 is 16.1. The summed E-state index contributed by atoms with van der Waals surface area (Å²) in [5.41, 5.74) is 5.22. The highest BCUT2D eigenvalue weighted by Crippen LogP contribution is 2.38. The first-order chi connectivity index (χ1) is 9.15. The Morgan fingerprint density at radius 1 is 0.947 bits per heavy atom. The molecule has 0 radical (unpaired) electrons. The zero-order valence-electron chi connectivity index (χ0n) is 10.3. The smallest absolute Gasteiger partial charge is 0.0659 e. The fraction of sp³-hybridized carbons (Fsp3) is 0.250. The van der Waals surface area contributed by atoms with Crippen molar-refractivity contribution >= 4 is 39.1 Å². The van der Waals surface area contributed by atoms with Crippen LogP contribution in [0.4, 0.5) is 0 Å². The molecule has 0 saturated carbocycles. The predicted molar refractivity (Wildman–Crippen MR) is 85.7 cm³/mol. The maximum atomic E-state index is 6.27. The molecule has 0 aromatic heterocycles. The van der Waals surface area contributed by atoms with Gasteiger partial charge in [0.25, 0.3) is 0 Å². The summed E-state index contributed by atoms with van der Waals surface area (Å²) in [6, 6.07) is 12.3. The molecule has 0 spiro atoms. The standard InChI is InChI=1S/C16H13BrCl2/c17-16(14-9-13(18)6-7-15(14)19)12-5-4-10-2-1-3-11(10)8-12/h4-9,16H,1-3H2. The number of rotatable bonds is 2. The van der Waals surface area contributed by atoms with Crippen LogP contribution in [0.1, 0.15) is 33.5 Å². The van der Waals surface area contributed by atoms with Crippen LogP contribution < -0.4 is 0 Å². The molecule has 0 fully saturated rings. The Morgan fingerprint density at radius 2 is 1.74 bits per heavy atom. The zero-order valence-corrected chi connectivity index (χ0v) is 13.4. The van der Waals surface area contributed by atoms with Gasteiger partial charge in [0.15, 0.2) is 0 Å². The quantitative estimate of drug-likeness (QED) is 0.582. The van der Waals surface area contributed by atoms with Crippen molar-refractivity contribution in [1.29, 1.82) is 0 Å². The van der Waals surface area contributed by atoms with Crippen LogP contribution in [0.3, 0.4) is 0 Å². The first kappa shape index (κ1) is 13.5. The van der Waals surface area contributed by atoms with Gasteiger partial charge in [0.1, 0.15) is 0 Å². The molecule has 0 heterocycles. The molecule has 98 valence electrons. The molecule has 2 aromatic carbocycles. The van der Waals surface area contributed by atoms with Gasteiger partial charge in [-0.15, -0.1) is 0 Å². The first-order valence-electron chi connectivity index (χ1n) is 6.36. The number of benzene rings is 2. The number of halogens is 3. The number of hydrogen-bond donors (Lipinski definition) is 0. The van der Waals surface area contributed by atoms with Crippen molar-refractivity contribution in [3.05, 3.63) is 68.7 Å². The number of alkyl halides is 1. The molecule has 0 N–H and O–H groups in total. The molecule has 0 aliphatic heterocycles. The van der Waals surface area contributed by atoms with E-state index in [0.29, 0.717) is 5.02 Å². The molecule has 1 atom stereocenters. The van der Waals surface area contributed by atoms with Crippen LogP contribution in [0.5, 0.6) is 0 Å². The molecule has 3 rings (SSSR count). The third kappa shape index (κ3) is 2.69. The van der Waals surface area contributed by atoms with Crippen LogP contribution in [-0.4, -0.2) is 0 Å². The molecule has 0 saturated heterocycles. The normalized spacial score (nSPS) is 15.3. The van der Waals surface area contributed by atoms with Crippen LogP contribution in [0.2, 0.25) is 10.0 Å². The van der Waals surface area contributed by atoms with E-state index in [9.17, 15) is 0 Å². The lowest BCUT2D eigenvalue weighted by Crippen LogP contribution is -1.96. The highest BCUT2D eigenvalue weighted by molar-refractivity contribution is 9.09. The lowest BCUT2D eigenvalue weighted by Gasteiger charge is -2.14. The third-order valence-corrected chi connectivity index (χ3v) is 5.25. The Hall–Kier alpha value is -0.500. The second-order valence-electron chi connectivity index (χ2n) is 4.91. The minimum Gasteiger partial charge on any atom is -0.0843 e. The SMILES string of the molecule is Clc1ccc(Cl)c(C(Br)c2ccc3c(c2)CCC3)c1. The summed E-state index contributed by atoms with van der Waals surface area (Å²) in [7, 11) is 0. The lowest BCUT2D eigenvalue weighted by atomic mass is 10.0. The molecular formula is C16H13BrCl2. The van der Waals surface area contributed by atoms with E-state index in [-0.39, 0.29) is 4.83 Å². The molecule has 0 amide bonds. The van der Waals surface area contributed by atoms with Gasteiger partial charge >= 0.3 is 0 Å². The monoisotopic (exact) mass is 354 g/mol. The lowest BCUT2D eigenvalue weighted by molar-refractivity contribution is 0.911. The van der Waals surface area contributed by atoms with Crippen LogP contribution in [0, 0.1) is 0 Å². The van der Waals surface area contributed by atoms with Crippen molar-refractivity contribution in [2.45, 2.75) is 24.1 Å². The molecule has 3 heteroatoms. The minimum absolute atomic E-state index is 0.0876. The summed E-state index contributed by atoms with van der Waals surface area (Å²) in [5, 5.41) is 1.46. The highest BCUT2D eigenvalue weighted by Gasteiger charge is 2.17. The Balaban J connectivity index is 1.99. The van der Waals surface area contributed by atoms with Gasteiger partial charge in [0.05, 0.1) is 4.83 Å². The Labute approximate surface area is 131 Å². The second-order valence-corrected chi connectivity index (χ2v) is 6.67. The third-order valence-electron chi connectivity index (χ3n) is 3.65. The molecule has 1 aliphatic carbocycles. The average molecular weight is 356 g/mol. The van der Waals surface area contributed by atoms with Gasteiger partial charge in [0.2, 0.25) is 0 Å². The van der Waals surface area contributed by atoms with Gasteiger partial charge in [-0.3, -0.25) is 0 Å². The predicted octanol–water partition coefficient (Wildman–Crippen LogP) is 5.97. The maximum Gasteiger partial charge on any atom is 0.0659 e. The van der Waals surface area contributed by atoms with Crippen LogP contribution in [0.25, 0.3) is 0 Å². The summed E-state index contributed by atoms with van der Waals surface area (Å²) in [6.07, 6.45) is 3.66. The van der Waals surface area contributed by atoms with Gasteiger partial charge in [-0.05, 0) is 59.7 Å². The van der Waals surface area contributed by atoms with Crippen molar-refractivity contribution in [3.8, 4) is 0 Å². The maximum absolute atomic E-state index is 6.27. The first-order valence-corrected chi connectivity index (χ1v) is 8.03. The van der Waals surface area contributed by atoms with Gasteiger partial charge < -0.3 is 0 Å². The summed E-state index contributed by atoms with van der Waals surface area (Å²) in [6.45, 7) is 0. The van der Waals surface area contributed by atoms with Crippen molar-refractivity contribution in [2.75, 3.05) is 0 Å². The molecule has 1 aliphatic rings. The van der Waals surface area contributed by atoms with Gasteiger partial charge in [-0.1, -0.05) is 57.3 Å². The van der Waals surface area contributed by atoms with Crippen molar-refractivity contribution < 1.29 is 0 Å². The largest absolute Gasteiger partial charge is 0.0843 e. The minimum atomic E-state index is 0.0876. The number of aryl methyl sites for hydroxylation is 2. The van der Waals surface area contributed by atoms with Crippen molar-refractivity contribution in [2.24, 2.45) is 0 Å². The molecule has 2 aromatic rings. The Kier molecular flexibility index (Phi) is 3.88. The summed E-state index contributed by atoms with van der Waals surface area (Å²) < 4.78 is 0. The summed E-state index contributed by atoms with van der Waals surface area (Å²) in [4.78, 5) is 0.0876. The number of fused-ring (bicyclic) bond motifs is 1. The van der Waals surface area contributed by atoms with Crippen LogP contribution >= 0.6 is 39.1 Å². The zero-order chi connectivity index (χ0) is 13.4. The molecule has 0 bridgehead atoms. The van der Waals surface area contributed by atoms with E-state index in [1.54, 1.807) is 0 Å². The van der Waals surface area contributed by atoms with Gasteiger partial charge in [-0.2, -0.15) is 0 Å². The van der Waals surface area contributed by atoms with E-state index >= 15 is 0 Å². The molecule has 19 heavy (non-hydrogen) atoms. The number of hydrogen-bond acceptors (Lipinski definition) is 0. The van der Waals surface area contributed by atoms with E-state index in [4.69, 9.17) is 23.2 Å². The van der Waals surface area contributed by atoms with Crippen LogP contribution in [0.15, 0.2) is 36.4 Å². The average Bonchev–Trinajstić information content (AvgIpc) is 2.88. The van der Waals surface area contributed by atoms with E-state index in [1.807, 2.05) is 18.2 Å². The topological polar surface area (TPSA) is 0 Å². The van der Waals surface area contributed by atoms with E-state index in [1.165, 1.54) is 36.0 Å². The second kappa shape index (κ2) is 5.47. The Bertz CT molecular complexity index is 622. The van der Waals surface area contributed by atoms with E-state index in [2.05, 4.69) is 34.1 Å². The Morgan fingerprint density at radius 3 is 2.58 bits per heavy atom. The molecule has 1 unspecified atom stereocenters. The van der Waals surface area contributed by atoms with Crippen molar-refractivity contribution in [3.63, 3.8) is 0 Å². The fourth-order valence-corrected chi connectivity index (χ4v) is 3.84. The van der Waals surface area contributed by atoms with Crippen molar-refractivity contribution in [1.82, 2.24) is 0 Å². The summed E-state index contributed by atoms with van der Waals surface area (Å²) in [5.74, 6) is 0.